The molecule has 1 aromatic carbocycles. The van der Waals surface area contributed by atoms with Crippen molar-refractivity contribution in [2.75, 3.05) is 37.8 Å². The number of aromatic nitrogens is 2. The van der Waals surface area contributed by atoms with Gasteiger partial charge in [-0.3, -0.25) is 0 Å². The van der Waals surface area contributed by atoms with Gasteiger partial charge in [0.1, 0.15) is 18.5 Å². The molecule has 0 saturated carbocycles. The van der Waals surface area contributed by atoms with Crippen LogP contribution in [0.1, 0.15) is 5.56 Å². The summed E-state index contributed by atoms with van der Waals surface area (Å²) in [6.07, 6.45) is -0.669. The van der Waals surface area contributed by atoms with Gasteiger partial charge < -0.3 is 19.5 Å². The fourth-order valence-corrected chi connectivity index (χ4v) is 3.54. The van der Waals surface area contributed by atoms with Crippen molar-refractivity contribution in [1.29, 1.82) is 0 Å². The van der Waals surface area contributed by atoms with Crippen LogP contribution in [0.25, 0.3) is 0 Å². The number of nitrogens with zero attached hydrogens (tertiary/aromatic N) is 3. The quantitative estimate of drug-likeness (QED) is 0.791. The summed E-state index contributed by atoms with van der Waals surface area (Å²) in [5, 5.41) is 15.6. The predicted molar refractivity (Wildman–Crippen MR) is 96.7 cm³/mol. The van der Waals surface area contributed by atoms with Crippen LogP contribution in [0.3, 0.4) is 0 Å². The van der Waals surface area contributed by atoms with E-state index in [9.17, 15) is 5.11 Å². The van der Waals surface area contributed by atoms with Crippen molar-refractivity contribution in [2.24, 2.45) is 0 Å². The van der Waals surface area contributed by atoms with Gasteiger partial charge in [0.15, 0.2) is 3.95 Å². The Morgan fingerprint density at radius 2 is 2.04 bits per heavy atom. The fraction of sp³-hybridized carbons (Fsp3) is 0.500. The topological polar surface area (TPSA) is 59.8 Å². The molecule has 1 saturated heterocycles. The zero-order chi connectivity index (χ0) is 16.9. The van der Waals surface area contributed by atoms with Gasteiger partial charge in [-0.05, 0) is 31.3 Å². The highest BCUT2D eigenvalue weighted by Crippen LogP contribution is 2.21. The lowest BCUT2D eigenvalue weighted by Crippen LogP contribution is -2.36. The summed E-state index contributed by atoms with van der Waals surface area (Å²) in [5.41, 5.74) is 1.17. The van der Waals surface area contributed by atoms with Crippen LogP contribution in [-0.2, 0) is 11.3 Å². The minimum absolute atomic E-state index is 0.204. The highest BCUT2D eigenvalue weighted by Gasteiger charge is 2.17. The van der Waals surface area contributed by atoms with Gasteiger partial charge in [0.2, 0.25) is 5.13 Å². The monoisotopic (exact) mass is 367 g/mol. The van der Waals surface area contributed by atoms with Gasteiger partial charge >= 0.3 is 0 Å². The molecule has 3 rings (SSSR count). The van der Waals surface area contributed by atoms with Crippen molar-refractivity contribution in [3.63, 3.8) is 0 Å². The van der Waals surface area contributed by atoms with Crippen molar-refractivity contribution < 1.29 is 14.6 Å². The lowest BCUT2D eigenvalue weighted by molar-refractivity contribution is 0.0890. The van der Waals surface area contributed by atoms with Crippen LogP contribution in [0.15, 0.2) is 24.3 Å². The van der Waals surface area contributed by atoms with Crippen molar-refractivity contribution in [1.82, 2.24) is 9.78 Å². The molecule has 6 nitrogen and oxygen atoms in total. The first kappa shape index (κ1) is 17.3. The molecule has 1 N–H and O–H groups in total. The molecule has 0 aliphatic carbocycles. The molecule has 2 aromatic rings. The molecule has 1 atom stereocenters. The zero-order valence-corrected chi connectivity index (χ0v) is 15.2. The maximum Gasteiger partial charge on any atom is 0.207 e. The van der Waals surface area contributed by atoms with E-state index in [-0.39, 0.29) is 6.61 Å². The molecule has 1 aliphatic heterocycles. The molecule has 130 valence electrons. The Balaban J connectivity index is 1.55. The molecule has 0 bridgehead atoms. The molecule has 1 aromatic heterocycles. The van der Waals surface area contributed by atoms with Crippen LogP contribution < -0.4 is 9.64 Å². The molecule has 1 fully saturated rings. The summed E-state index contributed by atoms with van der Waals surface area (Å²) < 4.78 is 13.3. The highest BCUT2D eigenvalue weighted by atomic mass is 32.1. The van der Waals surface area contributed by atoms with E-state index < -0.39 is 6.10 Å². The number of anilines is 1. The second-order valence-corrected chi connectivity index (χ2v) is 7.31. The Bertz CT molecular complexity index is 708. The van der Waals surface area contributed by atoms with Crippen molar-refractivity contribution in [2.45, 2.75) is 19.6 Å². The summed E-state index contributed by atoms with van der Waals surface area (Å²) in [4.78, 5) is 2.16. The first-order chi connectivity index (χ1) is 11.6. The van der Waals surface area contributed by atoms with Gasteiger partial charge in [0.05, 0.1) is 19.8 Å². The lowest BCUT2D eigenvalue weighted by Gasteiger charge is -2.25. The summed E-state index contributed by atoms with van der Waals surface area (Å²) >= 11 is 6.83. The molecule has 0 unspecified atom stereocenters. The average Bonchev–Trinajstić information content (AvgIpc) is 2.96. The third-order valence-corrected chi connectivity index (χ3v) is 5.09. The number of rotatable bonds is 6. The van der Waals surface area contributed by atoms with Crippen LogP contribution in [0.2, 0.25) is 0 Å². The molecular formula is C16H21N3O3S2. The zero-order valence-electron chi connectivity index (χ0n) is 13.6. The first-order valence-corrected chi connectivity index (χ1v) is 9.12. The van der Waals surface area contributed by atoms with E-state index in [1.165, 1.54) is 16.9 Å². The molecule has 1 aliphatic rings. The van der Waals surface area contributed by atoms with Crippen LogP contribution >= 0.6 is 23.6 Å². The number of morpholine rings is 1. The minimum Gasteiger partial charge on any atom is -0.491 e. The maximum absolute atomic E-state index is 10.2. The number of ether oxygens (including phenoxy) is 2. The SMILES string of the molecule is Cc1ccc(OC[C@H](O)Cn2nc(N3CCOCC3)sc2=S)cc1. The number of aryl methyl sites for hydroxylation is 1. The number of aliphatic hydroxyl groups excluding tert-OH is 1. The number of benzene rings is 1. The molecule has 0 amide bonds. The number of hydrogen-bond donors (Lipinski definition) is 1. The first-order valence-electron chi connectivity index (χ1n) is 7.90. The maximum atomic E-state index is 10.2. The minimum atomic E-state index is -0.669. The molecule has 0 radical (unpaired) electrons. The Morgan fingerprint density at radius 3 is 2.75 bits per heavy atom. The molecule has 0 spiro atoms. The molecule has 24 heavy (non-hydrogen) atoms. The van der Waals surface area contributed by atoms with E-state index >= 15 is 0 Å². The molecule has 8 heteroatoms. The van der Waals surface area contributed by atoms with E-state index in [4.69, 9.17) is 21.7 Å². The van der Waals surface area contributed by atoms with Gasteiger partial charge in [0, 0.05) is 13.1 Å². The van der Waals surface area contributed by atoms with Crippen molar-refractivity contribution in [3.8, 4) is 5.75 Å². The van der Waals surface area contributed by atoms with Crippen molar-refractivity contribution in [3.05, 3.63) is 33.8 Å². The van der Waals surface area contributed by atoms with E-state index in [0.29, 0.717) is 23.7 Å². The van der Waals surface area contributed by atoms with Crippen LogP contribution in [-0.4, -0.2) is 53.9 Å². The number of hydrogen-bond acceptors (Lipinski definition) is 7. The van der Waals surface area contributed by atoms with E-state index in [2.05, 4.69) is 10.00 Å². The smallest absolute Gasteiger partial charge is 0.207 e. The Labute approximate surface area is 150 Å². The Hall–Kier alpha value is -1.48. The van der Waals surface area contributed by atoms with Crippen molar-refractivity contribution >= 4 is 28.7 Å². The molecular weight excluding hydrogens is 346 g/mol. The second-order valence-electron chi connectivity index (χ2n) is 5.71. The van der Waals surface area contributed by atoms with E-state index in [1.54, 1.807) is 4.68 Å². The van der Waals surface area contributed by atoms with E-state index in [1.807, 2.05) is 31.2 Å². The van der Waals surface area contributed by atoms with Gasteiger partial charge in [0.25, 0.3) is 0 Å². The van der Waals surface area contributed by atoms with Gasteiger partial charge in [-0.25, -0.2) is 4.68 Å². The van der Waals surface area contributed by atoms with Crippen LogP contribution in [0, 0.1) is 10.9 Å². The normalized spacial score (nSPS) is 16.2. The Kier molecular flexibility index (Phi) is 5.83. The van der Waals surface area contributed by atoms with Gasteiger partial charge in [-0.1, -0.05) is 29.0 Å². The van der Waals surface area contributed by atoms with Gasteiger partial charge in [-0.2, -0.15) is 0 Å². The predicted octanol–water partition coefficient (Wildman–Crippen LogP) is 2.26. The van der Waals surface area contributed by atoms with Gasteiger partial charge in [-0.15, -0.1) is 5.10 Å². The number of aliphatic hydroxyl groups is 1. The lowest BCUT2D eigenvalue weighted by atomic mass is 10.2. The summed E-state index contributed by atoms with van der Waals surface area (Å²) in [6, 6.07) is 7.75. The van der Waals surface area contributed by atoms with Crippen LogP contribution in [0.5, 0.6) is 5.75 Å². The van der Waals surface area contributed by atoms with E-state index in [0.717, 1.165) is 24.0 Å². The summed E-state index contributed by atoms with van der Waals surface area (Å²) in [6.45, 7) is 5.61. The third-order valence-electron chi connectivity index (χ3n) is 3.72. The second kappa shape index (κ2) is 8.06. The third kappa shape index (κ3) is 4.54. The van der Waals surface area contributed by atoms with Crippen LogP contribution in [0.4, 0.5) is 5.13 Å². The standard InChI is InChI=1S/C16H21N3O3S2/c1-12-2-4-14(5-3-12)22-11-13(20)10-19-16(23)24-15(17-19)18-6-8-21-9-7-18/h2-5,13,20H,6-11H2,1H3/t13-/m1/s1. The largest absolute Gasteiger partial charge is 0.491 e. The highest BCUT2D eigenvalue weighted by molar-refractivity contribution is 7.73. The average molecular weight is 367 g/mol. The fourth-order valence-electron chi connectivity index (χ4n) is 2.37. The summed E-state index contributed by atoms with van der Waals surface area (Å²) in [7, 11) is 0. The summed E-state index contributed by atoms with van der Waals surface area (Å²) in [5.74, 6) is 0.746. The molecule has 2 heterocycles. The Morgan fingerprint density at radius 1 is 1.33 bits per heavy atom.